The summed E-state index contributed by atoms with van der Waals surface area (Å²) in [6, 6.07) is 5.08. The fourth-order valence-corrected chi connectivity index (χ4v) is 4.00. The standard InChI is InChI=1S/C24H32ClN5O3/c1-5-6-11-30-23(25)19(17(2)27-30)8-10-22(31)26-20-16-18(7-9-21(20)33-4)24(32)29-14-12-28(3)13-15-29/h7-10,16H,5-6,11-15H2,1-4H3,(H,26,31)/b10-8+. The van der Waals surface area contributed by atoms with Gasteiger partial charge in [0.2, 0.25) is 5.91 Å². The normalized spacial score (nSPS) is 14.6. The lowest BCUT2D eigenvalue weighted by molar-refractivity contribution is -0.111. The van der Waals surface area contributed by atoms with E-state index in [2.05, 4.69) is 22.2 Å². The Morgan fingerprint density at radius 3 is 2.64 bits per heavy atom. The quantitative estimate of drug-likeness (QED) is 0.591. The molecule has 9 heteroatoms. The van der Waals surface area contributed by atoms with Crippen LogP contribution in [0.25, 0.3) is 6.08 Å². The minimum atomic E-state index is -0.353. The van der Waals surface area contributed by atoms with E-state index in [9.17, 15) is 9.59 Å². The van der Waals surface area contributed by atoms with E-state index >= 15 is 0 Å². The van der Waals surface area contributed by atoms with E-state index in [1.165, 1.54) is 13.2 Å². The summed E-state index contributed by atoms with van der Waals surface area (Å²) in [5, 5.41) is 7.79. The number of likely N-dealkylation sites (N-methyl/N-ethyl adjacent to an activating group) is 1. The molecule has 1 aromatic heterocycles. The van der Waals surface area contributed by atoms with Gasteiger partial charge in [-0.1, -0.05) is 24.9 Å². The highest BCUT2D eigenvalue weighted by molar-refractivity contribution is 6.31. The Balaban J connectivity index is 1.73. The summed E-state index contributed by atoms with van der Waals surface area (Å²) in [7, 11) is 3.57. The topological polar surface area (TPSA) is 79.7 Å². The molecule has 1 saturated heterocycles. The van der Waals surface area contributed by atoms with Gasteiger partial charge in [-0.05, 0) is 44.7 Å². The summed E-state index contributed by atoms with van der Waals surface area (Å²) in [6.45, 7) is 7.75. The number of piperazine rings is 1. The fourth-order valence-electron chi connectivity index (χ4n) is 3.68. The molecule has 2 heterocycles. The Kier molecular flexibility index (Phi) is 8.52. The van der Waals surface area contributed by atoms with Gasteiger partial charge in [-0.25, -0.2) is 0 Å². The highest BCUT2D eigenvalue weighted by Gasteiger charge is 2.21. The molecule has 0 radical (unpaired) electrons. The van der Waals surface area contributed by atoms with Gasteiger partial charge in [-0.2, -0.15) is 5.10 Å². The maximum absolute atomic E-state index is 12.9. The zero-order valence-electron chi connectivity index (χ0n) is 19.7. The van der Waals surface area contributed by atoms with Gasteiger partial charge >= 0.3 is 0 Å². The van der Waals surface area contributed by atoms with Crippen molar-refractivity contribution in [3.8, 4) is 5.75 Å². The monoisotopic (exact) mass is 473 g/mol. The molecule has 0 unspecified atom stereocenters. The molecule has 1 aliphatic heterocycles. The highest BCUT2D eigenvalue weighted by Crippen LogP contribution is 2.27. The van der Waals surface area contributed by atoms with Gasteiger partial charge in [-0.15, -0.1) is 0 Å². The average Bonchev–Trinajstić information content (AvgIpc) is 3.08. The third-order valence-electron chi connectivity index (χ3n) is 5.73. The molecule has 1 fully saturated rings. The van der Waals surface area contributed by atoms with Crippen LogP contribution in [0.2, 0.25) is 5.15 Å². The molecule has 0 spiro atoms. The van der Waals surface area contributed by atoms with E-state index in [0.717, 1.165) is 38.2 Å². The second-order valence-corrected chi connectivity index (χ2v) is 8.56. The van der Waals surface area contributed by atoms with Crippen LogP contribution in [0.5, 0.6) is 5.75 Å². The number of methoxy groups -OCH3 is 1. The summed E-state index contributed by atoms with van der Waals surface area (Å²) in [5.41, 5.74) is 2.43. The van der Waals surface area contributed by atoms with Crippen molar-refractivity contribution in [1.29, 1.82) is 0 Å². The van der Waals surface area contributed by atoms with Gasteiger partial charge in [0, 0.05) is 49.9 Å². The van der Waals surface area contributed by atoms with Gasteiger partial charge in [0.1, 0.15) is 10.9 Å². The predicted octanol–water partition coefficient (Wildman–Crippen LogP) is 3.69. The largest absolute Gasteiger partial charge is 0.495 e. The summed E-state index contributed by atoms with van der Waals surface area (Å²) in [6.07, 6.45) is 5.09. The Labute approximate surface area is 200 Å². The maximum atomic E-state index is 12.9. The van der Waals surface area contributed by atoms with Crippen molar-refractivity contribution in [1.82, 2.24) is 19.6 Å². The van der Waals surface area contributed by atoms with Crippen molar-refractivity contribution < 1.29 is 14.3 Å². The smallest absolute Gasteiger partial charge is 0.254 e. The summed E-state index contributed by atoms with van der Waals surface area (Å²) >= 11 is 6.45. The molecule has 33 heavy (non-hydrogen) atoms. The van der Waals surface area contributed by atoms with Crippen LogP contribution in [0.15, 0.2) is 24.3 Å². The maximum Gasteiger partial charge on any atom is 0.254 e. The third-order valence-corrected chi connectivity index (χ3v) is 6.13. The molecule has 1 N–H and O–H groups in total. The number of aryl methyl sites for hydroxylation is 2. The molecule has 0 aliphatic carbocycles. The number of nitrogens with zero attached hydrogens (tertiary/aromatic N) is 4. The number of unbranched alkanes of at least 4 members (excludes halogenated alkanes) is 1. The molecular formula is C24H32ClN5O3. The molecule has 0 atom stereocenters. The lowest BCUT2D eigenvalue weighted by Crippen LogP contribution is -2.47. The van der Waals surface area contributed by atoms with Gasteiger partial charge in [0.15, 0.2) is 0 Å². The van der Waals surface area contributed by atoms with Crippen molar-refractivity contribution in [2.45, 2.75) is 33.2 Å². The number of rotatable bonds is 8. The first-order chi connectivity index (χ1) is 15.8. The van der Waals surface area contributed by atoms with E-state index in [4.69, 9.17) is 16.3 Å². The summed E-state index contributed by atoms with van der Waals surface area (Å²) < 4.78 is 7.14. The van der Waals surface area contributed by atoms with Crippen LogP contribution in [-0.4, -0.2) is 71.7 Å². The molecule has 1 aliphatic rings. The molecule has 0 saturated carbocycles. The number of nitrogens with one attached hydrogen (secondary N) is 1. The van der Waals surface area contributed by atoms with Crippen molar-refractivity contribution in [3.63, 3.8) is 0 Å². The van der Waals surface area contributed by atoms with Crippen molar-refractivity contribution >= 4 is 35.2 Å². The lowest BCUT2D eigenvalue weighted by atomic mass is 10.1. The van der Waals surface area contributed by atoms with Crippen molar-refractivity contribution in [2.24, 2.45) is 0 Å². The van der Waals surface area contributed by atoms with Crippen LogP contribution in [0.3, 0.4) is 0 Å². The van der Waals surface area contributed by atoms with E-state index in [1.54, 1.807) is 29.0 Å². The van der Waals surface area contributed by atoms with Gasteiger partial charge in [-0.3, -0.25) is 14.3 Å². The van der Waals surface area contributed by atoms with Crippen LogP contribution < -0.4 is 10.1 Å². The minimum Gasteiger partial charge on any atom is -0.495 e. The number of anilines is 1. The first-order valence-corrected chi connectivity index (χ1v) is 11.6. The number of hydrogen-bond donors (Lipinski definition) is 1. The molecule has 0 bridgehead atoms. The Morgan fingerprint density at radius 1 is 1.24 bits per heavy atom. The van der Waals surface area contributed by atoms with Gasteiger partial charge < -0.3 is 19.9 Å². The number of aromatic nitrogens is 2. The van der Waals surface area contributed by atoms with Crippen LogP contribution in [0.1, 0.15) is 41.4 Å². The second kappa shape index (κ2) is 11.3. The first kappa shape index (κ1) is 24.8. The summed E-state index contributed by atoms with van der Waals surface area (Å²) in [4.78, 5) is 29.6. The zero-order valence-corrected chi connectivity index (χ0v) is 20.5. The lowest BCUT2D eigenvalue weighted by Gasteiger charge is -2.32. The number of halogens is 1. The molecule has 8 nitrogen and oxygen atoms in total. The molecule has 178 valence electrons. The Bertz CT molecular complexity index is 1030. The molecule has 2 amide bonds. The molecule has 3 rings (SSSR count). The van der Waals surface area contributed by atoms with Crippen LogP contribution in [0, 0.1) is 6.92 Å². The van der Waals surface area contributed by atoms with Crippen LogP contribution >= 0.6 is 11.6 Å². The number of hydrogen-bond acceptors (Lipinski definition) is 5. The predicted molar refractivity (Wildman–Crippen MR) is 131 cm³/mol. The fraction of sp³-hybridized carbons (Fsp3) is 0.458. The Morgan fingerprint density at radius 2 is 1.97 bits per heavy atom. The van der Waals surface area contributed by atoms with Crippen LogP contribution in [0.4, 0.5) is 5.69 Å². The minimum absolute atomic E-state index is 0.0568. The van der Waals surface area contributed by atoms with Crippen LogP contribution in [-0.2, 0) is 11.3 Å². The van der Waals surface area contributed by atoms with E-state index in [1.807, 2.05) is 18.9 Å². The number of ether oxygens (including phenoxy) is 1. The number of amides is 2. The second-order valence-electron chi connectivity index (χ2n) is 8.20. The first-order valence-electron chi connectivity index (χ1n) is 11.2. The highest BCUT2D eigenvalue weighted by atomic mass is 35.5. The van der Waals surface area contributed by atoms with Crippen molar-refractivity contribution in [3.05, 3.63) is 46.2 Å². The third kappa shape index (κ3) is 6.15. The van der Waals surface area contributed by atoms with E-state index in [-0.39, 0.29) is 11.8 Å². The number of benzene rings is 1. The van der Waals surface area contributed by atoms with Gasteiger partial charge in [0.05, 0.1) is 18.5 Å². The van der Waals surface area contributed by atoms with Gasteiger partial charge in [0.25, 0.3) is 5.91 Å². The summed E-state index contributed by atoms with van der Waals surface area (Å²) in [5.74, 6) is 0.0706. The molecular weight excluding hydrogens is 442 g/mol. The van der Waals surface area contributed by atoms with E-state index in [0.29, 0.717) is 40.8 Å². The average molecular weight is 474 g/mol. The Hall–Kier alpha value is -2.84. The number of carbonyl (C=O) groups excluding carboxylic acids is 2. The molecule has 2 aromatic rings. The molecule has 1 aromatic carbocycles. The van der Waals surface area contributed by atoms with E-state index < -0.39 is 0 Å². The SMILES string of the molecule is CCCCn1nc(C)c(/C=C/C(=O)Nc2cc(C(=O)N3CCN(C)CC3)ccc2OC)c1Cl. The zero-order chi connectivity index (χ0) is 24.0. The van der Waals surface area contributed by atoms with Crippen molar-refractivity contribution in [2.75, 3.05) is 45.7 Å². The number of carbonyl (C=O) groups is 2.